The number of pyridine rings is 1. The van der Waals surface area contributed by atoms with Gasteiger partial charge in [-0.05, 0) is 66.0 Å². The molecule has 0 fully saturated rings. The van der Waals surface area contributed by atoms with Crippen LogP contribution in [0.3, 0.4) is 0 Å². The molecule has 2 aromatic carbocycles. The van der Waals surface area contributed by atoms with Crippen molar-refractivity contribution in [1.29, 1.82) is 0 Å². The zero-order valence-corrected chi connectivity index (χ0v) is 18.6. The van der Waals surface area contributed by atoms with Gasteiger partial charge in [0, 0.05) is 31.9 Å². The van der Waals surface area contributed by atoms with Crippen molar-refractivity contribution >= 4 is 0 Å². The summed E-state index contributed by atoms with van der Waals surface area (Å²) in [6, 6.07) is 23.3. The molecular formula is C28H33N3. The lowest BCUT2D eigenvalue weighted by atomic mass is 9.89. The van der Waals surface area contributed by atoms with Crippen LogP contribution in [0.15, 0.2) is 66.9 Å². The standard InChI is InChI=1S/C28H33N3/c1-2-21-12-14-22(15-13-21)19-31(27-11-5-9-23-10-6-16-29-28(23)27)20-26-17-24-7-3-4-8-25(24)18-30-26/h3-4,6-8,10,12-16,26-27,30H,2,5,9,11,17-20H2,1H3/t26-,27?/m1/s1. The van der Waals surface area contributed by atoms with Gasteiger partial charge in [-0.1, -0.05) is 61.5 Å². The van der Waals surface area contributed by atoms with Crippen molar-refractivity contribution in [3.05, 3.63) is 100 Å². The molecule has 0 saturated carbocycles. The monoisotopic (exact) mass is 411 g/mol. The number of nitrogens with zero attached hydrogens (tertiary/aromatic N) is 2. The fourth-order valence-electron chi connectivity index (χ4n) is 5.29. The molecule has 0 saturated heterocycles. The predicted molar refractivity (Wildman–Crippen MR) is 127 cm³/mol. The second-order valence-electron chi connectivity index (χ2n) is 9.11. The molecule has 3 aromatic rings. The summed E-state index contributed by atoms with van der Waals surface area (Å²) in [5.41, 5.74) is 8.50. The molecule has 31 heavy (non-hydrogen) atoms. The molecule has 1 aliphatic heterocycles. The Morgan fingerprint density at radius 2 is 1.71 bits per heavy atom. The summed E-state index contributed by atoms with van der Waals surface area (Å²) < 4.78 is 0. The fraction of sp³-hybridized carbons (Fsp3) is 0.393. The minimum absolute atomic E-state index is 0.398. The molecule has 0 bridgehead atoms. The summed E-state index contributed by atoms with van der Waals surface area (Å²) >= 11 is 0. The largest absolute Gasteiger partial charge is 0.308 e. The number of aryl methyl sites for hydroxylation is 2. The molecule has 3 heteroatoms. The van der Waals surface area contributed by atoms with E-state index in [1.807, 2.05) is 6.20 Å². The SMILES string of the molecule is CCc1ccc(CN(C[C@H]2Cc3ccccc3CN2)C2CCCc3cccnc32)cc1. The van der Waals surface area contributed by atoms with Gasteiger partial charge in [0.05, 0.1) is 11.7 Å². The summed E-state index contributed by atoms with van der Waals surface area (Å²) in [6.07, 6.45) is 7.77. The average molecular weight is 412 g/mol. The van der Waals surface area contributed by atoms with Gasteiger partial charge in [0.25, 0.3) is 0 Å². The molecule has 2 heterocycles. The Bertz CT molecular complexity index is 1010. The molecule has 2 aliphatic rings. The fourth-order valence-corrected chi connectivity index (χ4v) is 5.29. The maximum Gasteiger partial charge on any atom is 0.0607 e. The number of fused-ring (bicyclic) bond motifs is 2. The van der Waals surface area contributed by atoms with Gasteiger partial charge in [-0.3, -0.25) is 9.88 Å². The molecule has 0 amide bonds. The first kappa shape index (κ1) is 20.4. The smallest absolute Gasteiger partial charge is 0.0607 e. The van der Waals surface area contributed by atoms with E-state index in [1.54, 1.807) is 0 Å². The zero-order chi connectivity index (χ0) is 21.0. The van der Waals surface area contributed by atoms with Gasteiger partial charge in [-0.15, -0.1) is 0 Å². The van der Waals surface area contributed by atoms with E-state index in [4.69, 9.17) is 4.98 Å². The molecule has 0 spiro atoms. The molecule has 3 nitrogen and oxygen atoms in total. The Morgan fingerprint density at radius 3 is 2.55 bits per heavy atom. The van der Waals surface area contributed by atoms with E-state index in [2.05, 4.69) is 77.8 Å². The lowest BCUT2D eigenvalue weighted by molar-refractivity contribution is 0.145. The summed E-state index contributed by atoms with van der Waals surface area (Å²) in [5, 5.41) is 3.81. The van der Waals surface area contributed by atoms with Gasteiger partial charge in [0.1, 0.15) is 0 Å². The van der Waals surface area contributed by atoms with Crippen molar-refractivity contribution in [2.45, 2.75) is 64.2 Å². The summed E-state index contributed by atoms with van der Waals surface area (Å²) in [5.74, 6) is 0. The predicted octanol–water partition coefficient (Wildman–Crippen LogP) is 5.24. The third kappa shape index (κ3) is 4.58. The van der Waals surface area contributed by atoms with Crippen LogP contribution in [0.5, 0.6) is 0 Å². The number of benzene rings is 2. The van der Waals surface area contributed by atoms with Gasteiger partial charge in [0.2, 0.25) is 0 Å². The Labute approximate surface area is 186 Å². The number of hydrogen-bond acceptors (Lipinski definition) is 3. The highest BCUT2D eigenvalue weighted by molar-refractivity contribution is 5.31. The van der Waals surface area contributed by atoms with Crippen LogP contribution in [0.25, 0.3) is 0 Å². The molecule has 0 radical (unpaired) electrons. The first-order valence-corrected chi connectivity index (χ1v) is 11.9. The third-order valence-electron chi connectivity index (χ3n) is 7.04. The highest BCUT2D eigenvalue weighted by atomic mass is 15.2. The minimum atomic E-state index is 0.398. The van der Waals surface area contributed by atoms with Gasteiger partial charge in [-0.2, -0.15) is 0 Å². The van der Waals surface area contributed by atoms with Gasteiger partial charge >= 0.3 is 0 Å². The van der Waals surface area contributed by atoms with Crippen LogP contribution in [-0.4, -0.2) is 22.5 Å². The van der Waals surface area contributed by atoms with Crippen molar-refractivity contribution in [3.8, 4) is 0 Å². The van der Waals surface area contributed by atoms with Gasteiger partial charge in [0.15, 0.2) is 0 Å². The van der Waals surface area contributed by atoms with Crippen LogP contribution in [0.2, 0.25) is 0 Å². The first-order valence-electron chi connectivity index (χ1n) is 11.9. The summed E-state index contributed by atoms with van der Waals surface area (Å²) in [4.78, 5) is 7.55. The van der Waals surface area contributed by atoms with E-state index in [9.17, 15) is 0 Å². The van der Waals surface area contributed by atoms with Crippen molar-refractivity contribution in [2.75, 3.05) is 6.54 Å². The van der Waals surface area contributed by atoms with E-state index in [0.29, 0.717) is 12.1 Å². The lowest BCUT2D eigenvalue weighted by Gasteiger charge is -2.38. The van der Waals surface area contributed by atoms with Crippen LogP contribution in [-0.2, 0) is 32.4 Å². The number of rotatable bonds is 6. The molecule has 1 aromatic heterocycles. The number of hydrogen-bond donors (Lipinski definition) is 1. The molecule has 1 aliphatic carbocycles. The highest BCUT2D eigenvalue weighted by Crippen LogP contribution is 2.34. The summed E-state index contributed by atoms with van der Waals surface area (Å²) in [6.45, 7) is 5.22. The molecular weight excluding hydrogens is 378 g/mol. The Hall–Kier alpha value is -2.49. The molecule has 1 N–H and O–H groups in total. The van der Waals surface area contributed by atoms with Crippen LogP contribution in [0.1, 0.15) is 59.3 Å². The second-order valence-corrected chi connectivity index (χ2v) is 9.11. The van der Waals surface area contributed by atoms with Gasteiger partial charge < -0.3 is 5.32 Å². The Kier molecular flexibility index (Phi) is 6.15. The van der Waals surface area contributed by atoms with Crippen molar-refractivity contribution in [2.24, 2.45) is 0 Å². The normalized spacial score (nSPS) is 20.3. The topological polar surface area (TPSA) is 28.2 Å². The molecule has 160 valence electrons. The number of nitrogens with one attached hydrogen (secondary N) is 1. The van der Waals surface area contributed by atoms with Crippen LogP contribution in [0, 0.1) is 0 Å². The highest BCUT2D eigenvalue weighted by Gasteiger charge is 2.30. The minimum Gasteiger partial charge on any atom is -0.308 e. The maximum atomic E-state index is 4.86. The quantitative estimate of drug-likeness (QED) is 0.601. The number of aromatic nitrogens is 1. The second kappa shape index (κ2) is 9.33. The van der Waals surface area contributed by atoms with Crippen LogP contribution < -0.4 is 5.32 Å². The van der Waals surface area contributed by atoms with E-state index in [1.165, 1.54) is 46.4 Å². The Balaban J connectivity index is 1.40. The average Bonchev–Trinajstić information content (AvgIpc) is 2.83. The first-order chi connectivity index (χ1) is 15.3. The van der Waals surface area contributed by atoms with Gasteiger partial charge in [-0.25, -0.2) is 0 Å². The molecule has 1 unspecified atom stereocenters. The van der Waals surface area contributed by atoms with E-state index < -0.39 is 0 Å². The van der Waals surface area contributed by atoms with Crippen molar-refractivity contribution in [1.82, 2.24) is 15.2 Å². The van der Waals surface area contributed by atoms with Crippen LogP contribution in [0.4, 0.5) is 0 Å². The molecule has 2 atom stereocenters. The van der Waals surface area contributed by atoms with Crippen molar-refractivity contribution in [3.63, 3.8) is 0 Å². The van der Waals surface area contributed by atoms with Crippen LogP contribution >= 0.6 is 0 Å². The lowest BCUT2D eigenvalue weighted by Crippen LogP contribution is -2.46. The van der Waals surface area contributed by atoms with E-state index >= 15 is 0 Å². The zero-order valence-electron chi connectivity index (χ0n) is 18.6. The van der Waals surface area contributed by atoms with Crippen molar-refractivity contribution < 1.29 is 0 Å². The maximum absolute atomic E-state index is 4.86. The summed E-state index contributed by atoms with van der Waals surface area (Å²) in [7, 11) is 0. The molecule has 5 rings (SSSR count). The van der Waals surface area contributed by atoms with E-state index in [-0.39, 0.29) is 0 Å². The Morgan fingerprint density at radius 1 is 0.935 bits per heavy atom. The third-order valence-corrected chi connectivity index (χ3v) is 7.04. The van der Waals surface area contributed by atoms with E-state index in [0.717, 1.165) is 38.9 Å².